The van der Waals surface area contributed by atoms with Gasteiger partial charge in [-0.2, -0.15) is 13.2 Å². The van der Waals surface area contributed by atoms with Gasteiger partial charge in [0, 0.05) is 14.1 Å². The molecule has 1 saturated heterocycles. The number of alkyl halides is 3. The third-order valence-corrected chi connectivity index (χ3v) is 6.26. The third-order valence-electron chi connectivity index (χ3n) is 4.95. The fraction of sp³-hybridized carbons (Fsp3) is 0.632. The van der Waals surface area contributed by atoms with Crippen LogP contribution < -0.4 is 0 Å². The number of amidine groups is 1. The molecule has 2 heterocycles. The van der Waals surface area contributed by atoms with Crippen LogP contribution in [0.15, 0.2) is 29.3 Å². The van der Waals surface area contributed by atoms with Gasteiger partial charge in [-0.3, -0.25) is 4.99 Å². The Morgan fingerprint density at radius 3 is 2.34 bits per heavy atom. The Balaban J connectivity index is 1.75. The number of aliphatic hydroxyl groups is 2. The first kappa shape index (κ1) is 22.4. The number of nitrogens with zero attached hydrogens (tertiary/aromatic N) is 2. The van der Waals surface area contributed by atoms with E-state index < -0.39 is 42.1 Å². The van der Waals surface area contributed by atoms with Gasteiger partial charge in [-0.05, 0) is 17.5 Å². The summed E-state index contributed by atoms with van der Waals surface area (Å²) in [4.78, 5) is 5.93. The largest absolute Gasteiger partial charge is 0.417 e. The number of thioether (sulfide) groups is 1. The van der Waals surface area contributed by atoms with E-state index in [-0.39, 0.29) is 6.61 Å². The second kappa shape index (κ2) is 8.81. The molecule has 29 heavy (non-hydrogen) atoms. The van der Waals surface area contributed by atoms with Crippen molar-refractivity contribution in [2.45, 2.75) is 62.0 Å². The number of ether oxygens (including phenoxy) is 2. The van der Waals surface area contributed by atoms with Gasteiger partial charge < -0.3 is 24.6 Å². The van der Waals surface area contributed by atoms with Crippen molar-refractivity contribution in [3.05, 3.63) is 35.4 Å². The summed E-state index contributed by atoms with van der Waals surface area (Å²) in [6.07, 6.45) is -11.4. The van der Waals surface area contributed by atoms with Crippen LogP contribution >= 0.6 is 11.8 Å². The first-order chi connectivity index (χ1) is 13.6. The quantitative estimate of drug-likeness (QED) is 0.740. The van der Waals surface area contributed by atoms with Gasteiger partial charge >= 0.3 is 6.18 Å². The topological polar surface area (TPSA) is 74.5 Å². The minimum Gasteiger partial charge on any atom is -0.388 e. The Morgan fingerprint density at radius 1 is 1.17 bits per heavy atom. The molecule has 0 bridgehead atoms. The molecule has 6 atom stereocenters. The fourth-order valence-electron chi connectivity index (χ4n) is 3.27. The van der Waals surface area contributed by atoms with Crippen LogP contribution in [-0.4, -0.2) is 76.4 Å². The molecule has 0 aliphatic carbocycles. The second-order valence-corrected chi connectivity index (χ2v) is 8.37. The van der Waals surface area contributed by atoms with Gasteiger partial charge in [-0.15, -0.1) is 0 Å². The highest BCUT2D eigenvalue weighted by atomic mass is 32.2. The first-order valence-electron chi connectivity index (χ1n) is 9.31. The standard InChI is InChI=1S/C19H25F3N2O4S/c1-4-10-5-7-11(8-6-10)9-27-16(19(20,21)22)15-14(26)13(25)12-17(28-15)29-18(23-12)24(2)3/h5-8,12-17,25-26H,4,9H2,1-3H3/t12-,13-,14+,15?,16-,17-/m1/s1. The summed E-state index contributed by atoms with van der Waals surface area (Å²) in [5.41, 5.74) is 0.818. The Labute approximate surface area is 171 Å². The molecule has 10 heteroatoms. The molecule has 1 aromatic rings. The van der Waals surface area contributed by atoms with E-state index in [9.17, 15) is 23.4 Å². The third kappa shape index (κ3) is 4.88. The van der Waals surface area contributed by atoms with E-state index in [0.29, 0.717) is 10.7 Å². The smallest absolute Gasteiger partial charge is 0.388 e. The first-order valence-corrected chi connectivity index (χ1v) is 10.2. The van der Waals surface area contributed by atoms with Gasteiger partial charge in [0.05, 0.1) is 6.61 Å². The summed E-state index contributed by atoms with van der Waals surface area (Å²) >= 11 is 1.12. The zero-order chi connectivity index (χ0) is 21.3. The van der Waals surface area contributed by atoms with Crippen molar-refractivity contribution in [2.75, 3.05) is 14.1 Å². The van der Waals surface area contributed by atoms with Crippen molar-refractivity contribution in [1.29, 1.82) is 0 Å². The minimum absolute atomic E-state index is 0.294. The highest BCUT2D eigenvalue weighted by Crippen LogP contribution is 2.41. The van der Waals surface area contributed by atoms with E-state index in [1.807, 2.05) is 19.1 Å². The van der Waals surface area contributed by atoms with Crippen molar-refractivity contribution in [3.63, 3.8) is 0 Å². The van der Waals surface area contributed by atoms with Gasteiger partial charge in [0.2, 0.25) is 0 Å². The van der Waals surface area contributed by atoms with Crippen LogP contribution in [0.25, 0.3) is 0 Å². The number of aliphatic hydroxyl groups excluding tert-OH is 2. The van der Waals surface area contributed by atoms with Gasteiger partial charge in [0.1, 0.15) is 29.8 Å². The lowest BCUT2D eigenvalue weighted by Crippen LogP contribution is -2.61. The lowest BCUT2D eigenvalue weighted by molar-refractivity contribution is -0.286. The average Bonchev–Trinajstić information content (AvgIpc) is 3.10. The Hall–Kier alpha value is -1.33. The van der Waals surface area contributed by atoms with Crippen LogP contribution in [0, 0.1) is 0 Å². The molecule has 0 spiro atoms. The Morgan fingerprint density at radius 2 is 1.79 bits per heavy atom. The van der Waals surface area contributed by atoms with E-state index in [0.717, 1.165) is 23.7 Å². The summed E-state index contributed by atoms with van der Waals surface area (Å²) in [5.74, 6) is 0. The van der Waals surface area contributed by atoms with Gasteiger partial charge in [0.25, 0.3) is 0 Å². The summed E-state index contributed by atoms with van der Waals surface area (Å²) in [7, 11) is 3.46. The SMILES string of the molecule is CCc1ccc(CO[C@H](C2O[C@@H]3SC(N(C)C)=N[C@@H]3[C@@H](O)[C@@H]2O)C(F)(F)F)cc1. The summed E-state index contributed by atoms with van der Waals surface area (Å²) < 4.78 is 51.9. The number of halogens is 3. The average molecular weight is 434 g/mol. The highest BCUT2D eigenvalue weighted by Gasteiger charge is 2.57. The maximum atomic E-state index is 13.7. The summed E-state index contributed by atoms with van der Waals surface area (Å²) in [6.45, 7) is 1.69. The number of aliphatic imine (C=N–C) groups is 1. The van der Waals surface area contributed by atoms with Crippen molar-refractivity contribution in [1.82, 2.24) is 4.90 Å². The van der Waals surface area contributed by atoms with Crippen LogP contribution in [-0.2, 0) is 22.5 Å². The van der Waals surface area contributed by atoms with Crippen LogP contribution in [0.1, 0.15) is 18.1 Å². The molecule has 6 nitrogen and oxygen atoms in total. The maximum absolute atomic E-state index is 13.7. The lowest BCUT2D eigenvalue weighted by Gasteiger charge is -2.41. The van der Waals surface area contributed by atoms with E-state index in [4.69, 9.17) is 9.47 Å². The van der Waals surface area contributed by atoms with E-state index in [2.05, 4.69) is 4.99 Å². The Kier molecular flexibility index (Phi) is 6.79. The number of fused-ring (bicyclic) bond motifs is 1. The Bertz CT molecular complexity index is 729. The predicted molar refractivity (Wildman–Crippen MR) is 104 cm³/mol. The van der Waals surface area contributed by atoms with Crippen LogP contribution in [0.2, 0.25) is 0 Å². The number of aryl methyl sites for hydroxylation is 1. The van der Waals surface area contributed by atoms with Crippen LogP contribution in [0.5, 0.6) is 0 Å². The molecule has 0 saturated carbocycles. The number of benzene rings is 1. The molecule has 2 aliphatic rings. The van der Waals surface area contributed by atoms with Crippen molar-refractivity contribution >= 4 is 16.9 Å². The van der Waals surface area contributed by atoms with Gasteiger partial charge in [-0.25, -0.2) is 0 Å². The second-order valence-electron chi connectivity index (χ2n) is 7.31. The summed E-state index contributed by atoms with van der Waals surface area (Å²) in [5, 5.41) is 21.3. The zero-order valence-corrected chi connectivity index (χ0v) is 17.2. The van der Waals surface area contributed by atoms with E-state index in [1.165, 1.54) is 0 Å². The number of hydrogen-bond donors (Lipinski definition) is 2. The minimum atomic E-state index is -4.78. The molecule has 162 valence electrons. The molecule has 1 fully saturated rings. The molecular formula is C19H25F3N2O4S. The van der Waals surface area contributed by atoms with Crippen molar-refractivity contribution in [2.24, 2.45) is 4.99 Å². The molecular weight excluding hydrogens is 409 g/mol. The molecule has 1 unspecified atom stereocenters. The molecule has 2 aliphatic heterocycles. The fourth-order valence-corrected chi connectivity index (χ4v) is 4.42. The maximum Gasteiger partial charge on any atom is 0.417 e. The zero-order valence-electron chi connectivity index (χ0n) is 16.3. The van der Waals surface area contributed by atoms with Crippen LogP contribution in [0.3, 0.4) is 0 Å². The molecule has 0 aromatic heterocycles. The molecule has 1 aromatic carbocycles. The highest BCUT2D eigenvalue weighted by molar-refractivity contribution is 8.14. The van der Waals surface area contributed by atoms with Crippen molar-refractivity contribution in [3.8, 4) is 0 Å². The normalized spacial score (nSPS) is 30.6. The monoisotopic (exact) mass is 434 g/mol. The number of hydrogen-bond acceptors (Lipinski definition) is 7. The molecule has 0 radical (unpaired) electrons. The molecule has 3 rings (SSSR count). The van der Waals surface area contributed by atoms with Gasteiger partial charge in [0.15, 0.2) is 11.3 Å². The lowest BCUT2D eigenvalue weighted by atomic mass is 9.94. The molecule has 0 amide bonds. The van der Waals surface area contributed by atoms with Crippen molar-refractivity contribution < 1.29 is 32.9 Å². The van der Waals surface area contributed by atoms with E-state index >= 15 is 0 Å². The van der Waals surface area contributed by atoms with Gasteiger partial charge in [-0.1, -0.05) is 43.0 Å². The summed E-state index contributed by atoms with van der Waals surface area (Å²) in [6, 6.07) is 6.24. The predicted octanol–water partition coefficient (Wildman–Crippen LogP) is 2.18. The van der Waals surface area contributed by atoms with E-state index in [1.54, 1.807) is 31.1 Å². The van der Waals surface area contributed by atoms with Crippen LogP contribution in [0.4, 0.5) is 13.2 Å². The molecule has 2 N–H and O–H groups in total. The number of rotatable bonds is 5.